The van der Waals surface area contributed by atoms with Crippen molar-refractivity contribution in [3.8, 4) is 0 Å². The van der Waals surface area contributed by atoms with Gasteiger partial charge in [-0.15, -0.1) is 0 Å². The number of nitrogens with one attached hydrogen (secondary N) is 1. The average molecular weight is 357 g/mol. The van der Waals surface area contributed by atoms with Crippen LogP contribution in [0.5, 0.6) is 0 Å². The normalized spacial score (nSPS) is 21.6. The fraction of sp³-hybridized carbons (Fsp3) is 0.636. The van der Waals surface area contributed by atoms with Gasteiger partial charge in [0.1, 0.15) is 6.04 Å². The quantitative estimate of drug-likeness (QED) is 0.872. The maximum Gasteiger partial charge on any atom is 0.243 e. The summed E-state index contributed by atoms with van der Waals surface area (Å²) in [6.07, 6.45) is 7.96. The lowest BCUT2D eigenvalue weighted by Gasteiger charge is -2.31. The maximum atomic E-state index is 13.0. The molecule has 1 aromatic carbocycles. The summed E-state index contributed by atoms with van der Waals surface area (Å²) in [4.78, 5) is 27.6. The number of hydrogen-bond donors (Lipinski definition) is 1. The van der Waals surface area contributed by atoms with E-state index in [2.05, 4.69) is 31.3 Å². The average Bonchev–Trinajstić information content (AvgIpc) is 3.13. The lowest BCUT2D eigenvalue weighted by atomic mass is 9.81. The number of nitrogens with zero attached hydrogens (tertiary/aromatic N) is 1. The third-order valence-corrected chi connectivity index (χ3v) is 5.98. The van der Waals surface area contributed by atoms with Gasteiger partial charge in [-0.1, -0.05) is 63.4 Å². The molecule has 0 spiro atoms. The molecule has 1 atom stereocenters. The van der Waals surface area contributed by atoms with Crippen LogP contribution in [-0.4, -0.2) is 35.3 Å². The fourth-order valence-electron chi connectivity index (χ4n) is 4.35. The summed E-state index contributed by atoms with van der Waals surface area (Å²) < 4.78 is 0. The Balaban J connectivity index is 1.61. The van der Waals surface area contributed by atoms with Crippen molar-refractivity contribution in [2.24, 2.45) is 0 Å². The zero-order valence-corrected chi connectivity index (χ0v) is 16.2. The zero-order chi connectivity index (χ0) is 18.6. The molecule has 0 unspecified atom stereocenters. The molecule has 0 bridgehead atoms. The van der Waals surface area contributed by atoms with Crippen molar-refractivity contribution in [2.75, 3.05) is 6.54 Å². The second-order valence-corrected chi connectivity index (χ2v) is 8.52. The molecule has 3 rings (SSSR count). The lowest BCUT2D eigenvalue weighted by molar-refractivity contribution is -0.139. The first-order valence-corrected chi connectivity index (χ1v) is 10.1. The highest BCUT2D eigenvalue weighted by atomic mass is 16.2. The van der Waals surface area contributed by atoms with Gasteiger partial charge >= 0.3 is 0 Å². The zero-order valence-electron chi connectivity index (χ0n) is 16.2. The molecule has 2 amide bonds. The van der Waals surface area contributed by atoms with Crippen LogP contribution in [0.2, 0.25) is 0 Å². The van der Waals surface area contributed by atoms with Crippen LogP contribution in [0.1, 0.15) is 70.8 Å². The van der Waals surface area contributed by atoms with Crippen LogP contribution in [0, 0.1) is 0 Å². The number of rotatable bonds is 5. The number of benzene rings is 1. The SMILES string of the molecule is CC(C)(CC(=O)N1CCC[C@@H]1C(=O)NC1CCCCC1)c1ccccc1. The monoisotopic (exact) mass is 356 g/mol. The summed E-state index contributed by atoms with van der Waals surface area (Å²) in [5.74, 6) is 0.153. The molecule has 1 aliphatic heterocycles. The molecule has 4 nitrogen and oxygen atoms in total. The molecule has 2 fully saturated rings. The van der Waals surface area contributed by atoms with E-state index in [0.717, 1.165) is 31.2 Å². The van der Waals surface area contributed by atoms with Gasteiger partial charge in [-0.2, -0.15) is 0 Å². The van der Waals surface area contributed by atoms with Crippen molar-refractivity contribution in [3.05, 3.63) is 35.9 Å². The standard InChI is InChI=1S/C22H32N2O2/c1-22(2,17-10-5-3-6-11-17)16-20(25)24-15-9-14-19(24)21(26)23-18-12-7-4-8-13-18/h3,5-6,10-11,18-19H,4,7-9,12-16H2,1-2H3,(H,23,26)/t19-/m1/s1. The Morgan fingerprint density at radius 2 is 1.73 bits per heavy atom. The Labute approximate surface area is 157 Å². The molecule has 0 aromatic heterocycles. The minimum absolute atomic E-state index is 0.0558. The van der Waals surface area contributed by atoms with Gasteiger partial charge in [-0.25, -0.2) is 0 Å². The van der Waals surface area contributed by atoms with E-state index < -0.39 is 0 Å². The van der Waals surface area contributed by atoms with Crippen molar-refractivity contribution >= 4 is 11.8 Å². The lowest BCUT2D eigenvalue weighted by Crippen LogP contribution is -2.49. The summed E-state index contributed by atoms with van der Waals surface area (Å²) in [6, 6.07) is 10.2. The second kappa shape index (κ2) is 8.24. The van der Waals surface area contributed by atoms with E-state index in [-0.39, 0.29) is 23.3 Å². The Bertz CT molecular complexity index is 620. The second-order valence-electron chi connectivity index (χ2n) is 8.52. The number of hydrogen-bond acceptors (Lipinski definition) is 2. The predicted molar refractivity (Wildman–Crippen MR) is 104 cm³/mol. The molecule has 142 valence electrons. The van der Waals surface area contributed by atoms with Gasteiger partial charge in [0, 0.05) is 19.0 Å². The highest BCUT2D eigenvalue weighted by molar-refractivity contribution is 5.88. The van der Waals surface area contributed by atoms with Crippen LogP contribution in [0.25, 0.3) is 0 Å². The summed E-state index contributed by atoms with van der Waals surface area (Å²) in [7, 11) is 0. The van der Waals surface area contributed by atoms with Gasteiger partial charge < -0.3 is 10.2 Å². The van der Waals surface area contributed by atoms with Crippen LogP contribution in [-0.2, 0) is 15.0 Å². The van der Waals surface area contributed by atoms with E-state index in [1.807, 2.05) is 23.1 Å². The Hall–Kier alpha value is -1.84. The van der Waals surface area contributed by atoms with Gasteiger partial charge in [-0.3, -0.25) is 9.59 Å². The van der Waals surface area contributed by atoms with E-state index in [4.69, 9.17) is 0 Å². The van der Waals surface area contributed by atoms with E-state index in [1.54, 1.807) is 0 Å². The van der Waals surface area contributed by atoms with Gasteiger partial charge in [-0.05, 0) is 36.7 Å². The van der Waals surface area contributed by atoms with Crippen molar-refractivity contribution < 1.29 is 9.59 Å². The maximum absolute atomic E-state index is 13.0. The molecule has 1 aliphatic carbocycles. The summed E-state index contributed by atoms with van der Waals surface area (Å²) in [5, 5.41) is 3.21. The number of carbonyl (C=O) groups excluding carboxylic acids is 2. The van der Waals surface area contributed by atoms with Crippen LogP contribution in [0.4, 0.5) is 0 Å². The molecule has 0 radical (unpaired) electrons. The Kier molecular flexibility index (Phi) is 6.00. The molecule has 1 N–H and O–H groups in total. The van der Waals surface area contributed by atoms with E-state index in [1.165, 1.54) is 19.3 Å². The van der Waals surface area contributed by atoms with Gasteiger partial charge in [0.2, 0.25) is 11.8 Å². The molecule has 1 saturated carbocycles. The first-order chi connectivity index (χ1) is 12.5. The van der Waals surface area contributed by atoms with Crippen LogP contribution in [0.15, 0.2) is 30.3 Å². The van der Waals surface area contributed by atoms with Crippen molar-refractivity contribution in [2.45, 2.75) is 82.7 Å². The number of amides is 2. The topological polar surface area (TPSA) is 49.4 Å². The Morgan fingerprint density at radius 3 is 2.42 bits per heavy atom. The molecule has 1 aromatic rings. The van der Waals surface area contributed by atoms with Crippen LogP contribution < -0.4 is 5.32 Å². The molecular weight excluding hydrogens is 324 g/mol. The van der Waals surface area contributed by atoms with Crippen molar-refractivity contribution in [1.82, 2.24) is 10.2 Å². The highest BCUT2D eigenvalue weighted by Gasteiger charge is 2.37. The minimum atomic E-state index is -0.281. The van der Waals surface area contributed by atoms with Crippen molar-refractivity contribution in [3.63, 3.8) is 0 Å². The smallest absolute Gasteiger partial charge is 0.243 e. The van der Waals surface area contributed by atoms with Gasteiger partial charge in [0.05, 0.1) is 0 Å². The van der Waals surface area contributed by atoms with E-state index >= 15 is 0 Å². The first-order valence-electron chi connectivity index (χ1n) is 10.1. The first kappa shape index (κ1) is 18.9. The summed E-state index contributed by atoms with van der Waals surface area (Å²) >= 11 is 0. The van der Waals surface area contributed by atoms with Gasteiger partial charge in [0.15, 0.2) is 0 Å². The van der Waals surface area contributed by atoms with Gasteiger partial charge in [0.25, 0.3) is 0 Å². The largest absolute Gasteiger partial charge is 0.352 e. The summed E-state index contributed by atoms with van der Waals surface area (Å²) in [5.41, 5.74) is 0.932. The van der Waals surface area contributed by atoms with E-state index in [9.17, 15) is 9.59 Å². The molecule has 2 aliphatic rings. The molecular formula is C22H32N2O2. The van der Waals surface area contributed by atoms with Crippen LogP contribution in [0.3, 0.4) is 0 Å². The van der Waals surface area contributed by atoms with Crippen LogP contribution >= 0.6 is 0 Å². The third kappa shape index (κ3) is 4.46. The summed E-state index contributed by atoms with van der Waals surface area (Å²) in [6.45, 7) is 4.91. The third-order valence-electron chi connectivity index (χ3n) is 5.98. The highest BCUT2D eigenvalue weighted by Crippen LogP contribution is 2.30. The number of likely N-dealkylation sites (tertiary alicyclic amines) is 1. The molecule has 1 saturated heterocycles. The van der Waals surface area contributed by atoms with Crippen molar-refractivity contribution in [1.29, 1.82) is 0 Å². The molecule has 26 heavy (non-hydrogen) atoms. The molecule has 1 heterocycles. The fourth-order valence-corrected chi connectivity index (χ4v) is 4.35. The predicted octanol–water partition coefficient (Wildman–Crippen LogP) is 3.79. The van der Waals surface area contributed by atoms with E-state index in [0.29, 0.717) is 19.0 Å². The Morgan fingerprint density at radius 1 is 1.04 bits per heavy atom. The molecule has 4 heteroatoms. The number of carbonyl (C=O) groups is 2. The minimum Gasteiger partial charge on any atom is -0.352 e.